The van der Waals surface area contributed by atoms with Gasteiger partial charge in [-0.15, -0.1) is 0 Å². The number of benzene rings is 1. The number of carbonyl (C=O) groups is 1. The van der Waals surface area contributed by atoms with Crippen LogP contribution in [0.15, 0.2) is 12.1 Å². The van der Waals surface area contributed by atoms with Gasteiger partial charge in [0.25, 0.3) is 0 Å². The zero-order valence-corrected chi connectivity index (χ0v) is 8.40. The summed E-state index contributed by atoms with van der Waals surface area (Å²) in [6.45, 7) is 0. The average molecular weight is 226 g/mol. The summed E-state index contributed by atoms with van der Waals surface area (Å²) < 4.78 is 13.7. The molecule has 3 N–H and O–H groups in total. The third-order valence-corrected chi connectivity index (χ3v) is 3.19. The fourth-order valence-corrected chi connectivity index (χ4v) is 2.11. The number of hydrogen-bond donors (Lipinski definition) is 3. The Bertz CT molecular complexity index is 452. The number of rotatable bonds is 2. The molecule has 1 aliphatic rings. The van der Waals surface area contributed by atoms with Gasteiger partial charge in [0.1, 0.15) is 5.75 Å². The summed E-state index contributed by atoms with van der Waals surface area (Å²) >= 11 is 0. The number of phenolic OH excluding ortho intramolecular Hbond substituents is 2. The lowest BCUT2D eigenvalue weighted by Gasteiger charge is -2.38. The highest BCUT2D eigenvalue weighted by Gasteiger charge is 2.49. The summed E-state index contributed by atoms with van der Waals surface area (Å²) in [5.41, 5.74) is -1.68. The highest BCUT2D eigenvalue weighted by Crippen LogP contribution is 2.49. The quantitative estimate of drug-likeness (QED) is 0.671. The molecule has 86 valence electrons. The summed E-state index contributed by atoms with van der Waals surface area (Å²) in [4.78, 5) is 11.2. The summed E-state index contributed by atoms with van der Waals surface area (Å²) in [5.74, 6) is -3.27. The van der Waals surface area contributed by atoms with Crippen LogP contribution in [0, 0.1) is 5.82 Å². The summed E-state index contributed by atoms with van der Waals surface area (Å²) in [6, 6.07) is 2.11. The maximum absolute atomic E-state index is 13.7. The first-order chi connectivity index (χ1) is 7.49. The van der Waals surface area contributed by atoms with Crippen LogP contribution in [0.1, 0.15) is 24.8 Å². The van der Waals surface area contributed by atoms with Crippen LogP contribution < -0.4 is 0 Å². The summed E-state index contributed by atoms with van der Waals surface area (Å²) in [7, 11) is 0. The van der Waals surface area contributed by atoms with Crippen LogP contribution in [0.4, 0.5) is 4.39 Å². The van der Waals surface area contributed by atoms with Crippen molar-refractivity contribution in [3.63, 3.8) is 0 Å². The van der Waals surface area contributed by atoms with Gasteiger partial charge in [-0.25, -0.2) is 4.39 Å². The van der Waals surface area contributed by atoms with Crippen molar-refractivity contribution in [1.82, 2.24) is 0 Å². The van der Waals surface area contributed by atoms with E-state index in [1.165, 1.54) is 0 Å². The molecule has 4 nitrogen and oxygen atoms in total. The molecule has 0 atom stereocenters. The van der Waals surface area contributed by atoms with Crippen molar-refractivity contribution in [3.8, 4) is 11.5 Å². The minimum absolute atomic E-state index is 0.274. The molecule has 0 amide bonds. The molecule has 0 heterocycles. The van der Waals surface area contributed by atoms with E-state index in [2.05, 4.69) is 0 Å². The largest absolute Gasteiger partial charge is 0.508 e. The molecular weight excluding hydrogens is 215 g/mol. The van der Waals surface area contributed by atoms with Gasteiger partial charge in [-0.3, -0.25) is 4.79 Å². The Labute approximate surface area is 91.0 Å². The Morgan fingerprint density at radius 2 is 1.81 bits per heavy atom. The van der Waals surface area contributed by atoms with Gasteiger partial charge in [-0.1, -0.05) is 6.42 Å². The van der Waals surface area contributed by atoms with E-state index < -0.39 is 28.7 Å². The Balaban J connectivity index is 2.63. The molecule has 16 heavy (non-hydrogen) atoms. The normalized spacial score (nSPS) is 17.8. The second kappa shape index (κ2) is 3.37. The Hall–Kier alpha value is -1.78. The SMILES string of the molecule is O=C(O)C1(c2c(O)ccc(O)c2F)CCC1. The van der Waals surface area contributed by atoms with Gasteiger partial charge in [0.05, 0.1) is 11.0 Å². The maximum atomic E-state index is 13.7. The highest BCUT2D eigenvalue weighted by atomic mass is 19.1. The van der Waals surface area contributed by atoms with Gasteiger partial charge in [0.15, 0.2) is 11.6 Å². The van der Waals surface area contributed by atoms with Crippen LogP contribution in [0.5, 0.6) is 11.5 Å². The minimum atomic E-state index is -1.38. The van der Waals surface area contributed by atoms with E-state index in [9.17, 15) is 19.4 Å². The summed E-state index contributed by atoms with van der Waals surface area (Å²) in [6.07, 6.45) is 1.22. The number of carboxylic acid groups (broad SMARTS) is 1. The van der Waals surface area contributed by atoms with Crippen molar-refractivity contribution in [1.29, 1.82) is 0 Å². The lowest BCUT2D eigenvalue weighted by atomic mass is 9.64. The second-order valence-corrected chi connectivity index (χ2v) is 4.03. The lowest BCUT2D eigenvalue weighted by Crippen LogP contribution is -2.43. The molecule has 5 heteroatoms. The van der Waals surface area contributed by atoms with Crippen LogP contribution in [0.25, 0.3) is 0 Å². The van der Waals surface area contributed by atoms with Crippen LogP contribution in [-0.4, -0.2) is 21.3 Å². The average Bonchev–Trinajstić information content (AvgIpc) is 2.15. The van der Waals surface area contributed by atoms with Crippen molar-refractivity contribution in [2.24, 2.45) is 0 Å². The molecule has 1 aromatic carbocycles. The molecule has 0 radical (unpaired) electrons. The first kappa shape index (κ1) is 10.7. The predicted molar refractivity (Wildman–Crippen MR) is 52.9 cm³/mol. The maximum Gasteiger partial charge on any atom is 0.314 e. The van der Waals surface area contributed by atoms with Crippen LogP contribution in [0.3, 0.4) is 0 Å². The smallest absolute Gasteiger partial charge is 0.314 e. The second-order valence-electron chi connectivity index (χ2n) is 4.03. The van der Waals surface area contributed by atoms with Crippen molar-refractivity contribution < 1.29 is 24.5 Å². The fourth-order valence-electron chi connectivity index (χ4n) is 2.11. The number of phenols is 2. The number of hydrogen-bond acceptors (Lipinski definition) is 3. The van der Waals surface area contributed by atoms with Gasteiger partial charge in [-0.2, -0.15) is 0 Å². The van der Waals surface area contributed by atoms with Crippen molar-refractivity contribution in [2.45, 2.75) is 24.7 Å². The number of aromatic hydroxyl groups is 2. The van der Waals surface area contributed by atoms with Gasteiger partial charge >= 0.3 is 5.97 Å². The van der Waals surface area contributed by atoms with Crippen molar-refractivity contribution >= 4 is 5.97 Å². The molecule has 0 spiro atoms. The van der Waals surface area contributed by atoms with E-state index in [4.69, 9.17) is 5.11 Å². The van der Waals surface area contributed by atoms with E-state index in [1.54, 1.807) is 0 Å². The van der Waals surface area contributed by atoms with Crippen LogP contribution in [-0.2, 0) is 10.2 Å². The molecule has 1 saturated carbocycles. The Morgan fingerprint density at radius 1 is 1.25 bits per heavy atom. The van der Waals surface area contributed by atoms with E-state index in [0.29, 0.717) is 6.42 Å². The minimum Gasteiger partial charge on any atom is -0.508 e. The lowest BCUT2D eigenvalue weighted by molar-refractivity contribution is -0.147. The summed E-state index contributed by atoms with van der Waals surface area (Å²) in [5, 5.41) is 27.9. The van der Waals surface area contributed by atoms with Crippen molar-refractivity contribution in [3.05, 3.63) is 23.5 Å². The molecular formula is C11H11FO4. The van der Waals surface area contributed by atoms with Gasteiger partial charge in [0, 0.05) is 0 Å². The Kier molecular flexibility index (Phi) is 2.26. The molecule has 0 aliphatic heterocycles. The van der Waals surface area contributed by atoms with Gasteiger partial charge < -0.3 is 15.3 Å². The zero-order chi connectivity index (χ0) is 11.9. The standard InChI is InChI=1S/C11H11FO4/c12-9-7(14)3-2-6(13)8(9)11(10(15)16)4-1-5-11/h2-3,13-14H,1,4-5H2,(H,15,16). The molecule has 0 aromatic heterocycles. The van der Waals surface area contributed by atoms with Gasteiger partial charge in [-0.05, 0) is 25.0 Å². The zero-order valence-electron chi connectivity index (χ0n) is 8.40. The highest BCUT2D eigenvalue weighted by molar-refractivity contribution is 5.84. The molecule has 0 saturated heterocycles. The molecule has 1 aliphatic carbocycles. The topological polar surface area (TPSA) is 77.8 Å². The molecule has 0 unspecified atom stereocenters. The van der Waals surface area contributed by atoms with Crippen LogP contribution in [0.2, 0.25) is 0 Å². The monoisotopic (exact) mass is 226 g/mol. The van der Waals surface area contributed by atoms with E-state index in [-0.39, 0.29) is 18.4 Å². The van der Waals surface area contributed by atoms with Gasteiger partial charge in [0.2, 0.25) is 0 Å². The fraction of sp³-hybridized carbons (Fsp3) is 0.364. The number of aliphatic carboxylic acids is 1. The van der Waals surface area contributed by atoms with Crippen LogP contribution >= 0.6 is 0 Å². The number of carboxylic acids is 1. The predicted octanol–water partition coefficient (Wildman–Crippen LogP) is 1.74. The third kappa shape index (κ3) is 1.24. The molecule has 1 fully saturated rings. The van der Waals surface area contributed by atoms with E-state index in [0.717, 1.165) is 12.1 Å². The van der Waals surface area contributed by atoms with E-state index >= 15 is 0 Å². The first-order valence-corrected chi connectivity index (χ1v) is 4.93. The van der Waals surface area contributed by atoms with E-state index in [1.807, 2.05) is 0 Å². The Morgan fingerprint density at radius 3 is 2.25 bits per heavy atom. The molecule has 2 rings (SSSR count). The first-order valence-electron chi connectivity index (χ1n) is 4.93. The number of halogens is 1. The molecule has 1 aromatic rings. The third-order valence-electron chi connectivity index (χ3n) is 3.19. The molecule has 0 bridgehead atoms. The van der Waals surface area contributed by atoms with Crippen molar-refractivity contribution in [2.75, 3.05) is 0 Å².